The average Bonchev–Trinajstić information content (AvgIpc) is 2.75. The number of benzene rings is 3. The molecule has 176 valence electrons. The molecule has 0 amide bonds. The van der Waals surface area contributed by atoms with Crippen LogP contribution < -0.4 is 4.72 Å². The molecule has 0 fully saturated rings. The summed E-state index contributed by atoms with van der Waals surface area (Å²) in [6.45, 7) is 0. The smallest absolute Gasteiger partial charge is 0.280 e. The Balaban J connectivity index is 1.62. The summed E-state index contributed by atoms with van der Waals surface area (Å²) in [6, 6.07) is 14.1. The molecule has 4 aromatic rings. The summed E-state index contributed by atoms with van der Waals surface area (Å²) < 4.78 is 66.8. The molecule has 0 radical (unpaired) electrons. The number of nitrogens with zero attached hydrogens (tertiary/aromatic N) is 1. The van der Waals surface area contributed by atoms with Crippen LogP contribution in [0.1, 0.15) is 5.56 Å². The van der Waals surface area contributed by atoms with Gasteiger partial charge >= 0.3 is 6.18 Å². The fourth-order valence-corrected chi connectivity index (χ4v) is 6.00. The van der Waals surface area contributed by atoms with E-state index in [0.717, 1.165) is 21.9 Å². The summed E-state index contributed by atoms with van der Waals surface area (Å²) in [6.07, 6.45) is -3.11. The number of sulfonamides is 1. The highest BCUT2D eigenvalue weighted by Gasteiger charge is 2.32. The van der Waals surface area contributed by atoms with Crippen molar-refractivity contribution in [2.24, 2.45) is 0 Å². The van der Waals surface area contributed by atoms with Crippen molar-refractivity contribution in [1.29, 1.82) is 0 Å². The number of rotatable bonds is 5. The molecule has 0 aliphatic heterocycles. The summed E-state index contributed by atoms with van der Waals surface area (Å²) in [4.78, 5) is 4.95. The van der Waals surface area contributed by atoms with Gasteiger partial charge in [0.25, 0.3) is 10.0 Å². The highest BCUT2D eigenvalue weighted by Crippen LogP contribution is 2.41. The maximum atomic E-state index is 13.1. The van der Waals surface area contributed by atoms with E-state index in [1.807, 2.05) is 30.3 Å². The molecule has 1 N–H and O–H groups in total. The Morgan fingerprint density at radius 2 is 1.59 bits per heavy atom. The van der Waals surface area contributed by atoms with Crippen molar-refractivity contribution < 1.29 is 21.6 Å². The standard InChI is InChI=1S/C22H12Cl3F3N2O2S2/c23-14-6-13(22(26,27)28)7-17(8-14)34(31,32)30-15-9-18(24)21(19(25)10-15)33-16-5-12-3-1-2-4-20(12)29-11-16/h1-11,30H. The zero-order chi connectivity index (χ0) is 24.7. The Morgan fingerprint density at radius 3 is 2.26 bits per heavy atom. The molecular weight excluding hydrogens is 552 g/mol. The van der Waals surface area contributed by atoms with Crippen LogP contribution in [0.25, 0.3) is 10.9 Å². The van der Waals surface area contributed by atoms with E-state index < -0.39 is 26.7 Å². The van der Waals surface area contributed by atoms with Gasteiger partial charge < -0.3 is 0 Å². The number of para-hydroxylation sites is 1. The van der Waals surface area contributed by atoms with E-state index in [0.29, 0.717) is 17.0 Å². The van der Waals surface area contributed by atoms with Gasteiger partial charge in [0.05, 0.1) is 31.7 Å². The second kappa shape index (κ2) is 9.47. The molecule has 34 heavy (non-hydrogen) atoms. The van der Waals surface area contributed by atoms with Crippen molar-refractivity contribution >= 4 is 73.2 Å². The number of aromatic nitrogens is 1. The largest absolute Gasteiger partial charge is 0.416 e. The third kappa shape index (κ3) is 5.55. The lowest BCUT2D eigenvalue weighted by Gasteiger charge is -2.14. The first-order valence-electron chi connectivity index (χ1n) is 9.35. The Hall–Kier alpha value is -2.17. The second-order valence-electron chi connectivity index (χ2n) is 7.01. The van der Waals surface area contributed by atoms with Crippen molar-refractivity contribution in [2.45, 2.75) is 20.9 Å². The molecule has 4 rings (SSSR count). The summed E-state index contributed by atoms with van der Waals surface area (Å²) in [5.74, 6) is 0. The van der Waals surface area contributed by atoms with Gasteiger partial charge in [-0.25, -0.2) is 8.42 Å². The molecule has 0 unspecified atom stereocenters. The fourth-order valence-electron chi connectivity index (χ4n) is 3.04. The Bertz CT molecular complexity index is 1490. The number of hydrogen-bond acceptors (Lipinski definition) is 4. The molecule has 0 aliphatic rings. The molecule has 0 aliphatic carbocycles. The van der Waals surface area contributed by atoms with Gasteiger partial charge in [-0.2, -0.15) is 13.2 Å². The first-order valence-corrected chi connectivity index (χ1v) is 12.8. The molecule has 12 heteroatoms. The van der Waals surface area contributed by atoms with Gasteiger partial charge in [0.1, 0.15) is 0 Å². The topological polar surface area (TPSA) is 59.1 Å². The number of halogens is 6. The average molecular weight is 564 g/mol. The molecular formula is C22H12Cl3F3N2O2S2. The van der Waals surface area contributed by atoms with Crippen molar-refractivity contribution in [1.82, 2.24) is 4.98 Å². The monoisotopic (exact) mass is 562 g/mol. The third-order valence-electron chi connectivity index (χ3n) is 4.54. The summed E-state index contributed by atoms with van der Waals surface area (Å²) in [5, 5.41) is 0.835. The van der Waals surface area contributed by atoms with Gasteiger partial charge in [-0.05, 0) is 42.5 Å². The zero-order valence-electron chi connectivity index (χ0n) is 16.7. The van der Waals surface area contributed by atoms with Crippen LogP contribution in [0.15, 0.2) is 81.5 Å². The maximum absolute atomic E-state index is 13.1. The van der Waals surface area contributed by atoms with Crippen LogP contribution in [0.5, 0.6) is 0 Å². The van der Waals surface area contributed by atoms with Gasteiger partial charge in [-0.3, -0.25) is 9.71 Å². The van der Waals surface area contributed by atoms with Crippen LogP contribution in [0.4, 0.5) is 18.9 Å². The number of fused-ring (bicyclic) bond motifs is 1. The molecule has 1 aromatic heterocycles. The molecule has 0 saturated carbocycles. The number of anilines is 1. The third-order valence-corrected chi connectivity index (χ3v) is 8.05. The summed E-state index contributed by atoms with van der Waals surface area (Å²) in [7, 11) is -4.42. The van der Waals surface area contributed by atoms with Crippen LogP contribution >= 0.6 is 46.6 Å². The van der Waals surface area contributed by atoms with E-state index in [1.165, 1.54) is 23.9 Å². The molecule has 4 nitrogen and oxygen atoms in total. The van der Waals surface area contributed by atoms with Crippen LogP contribution in [0.2, 0.25) is 15.1 Å². The Labute approximate surface area is 212 Å². The molecule has 0 saturated heterocycles. The van der Waals surface area contributed by atoms with Crippen LogP contribution in [-0.4, -0.2) is 13.4 Å². The van der Waals surface area contributed by atoms with Gasteiger partial charge in [0.15, 0.2) is 0 Å². The van der Waals surface area contributed by atoms with Gasteiger partial charge in [-0.1, -0.05) is 64.8 Å². The minimum absolute atomic E-state index is 0.0236. The fraction of sp³-hybridized carbons (Fsp3) is 0.0455. The normalized spacial score (nSPS) is 12.2. The van der Waals surface area contributed by atoms with Crippen molar-refractivity contribution in [3.05, 3.63) is 87.5 Å². The first kappa shape index (κ1) is 24.9. The van der Waals surface area contributed by atoms with E-state index >= 15 is 0 Å². The van der Waals surface area contributed by atoms with Crippen LogP contribution in [0.3, 0.4) is 0 Å². The van der Waals surface area contributed by atoms with Gasteiger partial charge in [-0.15, -0.1) is 0 Å². The van der Waals surface area contributed by atoms with E-state index in [9.17, 15) is 21.6 Å². The number of nitrogens with one attached hydrogen (secondary N) is 1. The number of hydrogen-bond donors (Lipinski definition) is 1. The van der Waals surface area contributed by atoms with Crippen molar-refractivity contribution in [3.8, 4) is 0 Å². The minimum Gasteiger partial charge on any atom is -0.280 e. The van der Waals surface area contributed by atoms with Gasteiger partial charge in [0, 0.05) is 26.4 Å². The zero-order valence-corrected chi connectivity index (χ0v) is 20.6. The predicted octanol–water partition coefficient (Wildman–Crippen LogP) is 8.17. The number of pyridine rings is 1. The highest BCUT2D eigenvalue weighted by molar-refractivity contribution is 7.99. The SMILES string of the molecule is O=S(=O)(Nc1cc(Cl)c(Sc2cnc3ccccc3c2)c(Cl)c1)c1cc(Cl)cc(C(F)(F)F)c1. The van der Waals surface area contributed by atoms with Crippen molar-refractivity contribution in [2.75, 3.05) is 4.72 Å². The molecule has 0 spiro atoms. The minimum atomic E-state index is -4.77. The quantitative estimate of drug-likeness (QED) is 0.266. The van der Waals surface area contributed by atoms with Crippen LogP contribution in [0, 0.1) is 0 Å². The van der Waals surface area contributed by atoms with Gasteiger partial charge in [0.2, 0.25) is 0 Å². The summed E-state index contributed by atoms with van der Waals surface area (Å²) >= 11 is 19.7. The first-order chi connectivity index (χ1) is 15.9. The molecule has 1 heterocycles. The molecule has 0 atom stereocenters. The maximum Gasteiger partial charge on any atom is 0.416 e. The van der Waals surface area contributed by atoms with Crippen molar-refractivity contribution in [3.63, 3.8) is 0 Å². The summed E-state index contributed by atoms with van der Waals surface area (Å²) in [5.41, 5.74) is -0.389. The lowest BCUT2D eigenvalue weighted by molar-refractivity contribution is -0.137. The van der Waals surface area contributed by atoms with E-state index in [1.54, 1.807) is 6.20 Å². The van der Waals surface area contributed by atoms with Crippen LogP contribution in [-0.2, 0) is 16.2 Å². The highest BCUT2D eigenvalue weighted by atomic mass is 35.5. The Kier molecular flexibility index (Phi) is 6.94. The predicted molar refractivity (Wildman–Crippen MR) is 130 cm³/mol. The molecule has 0 bridgehead atoms. The van der Waals surface area contributed by atoms with E-state index in [2.05, 4.69) is 9.71 Å². The number of alkyl halides is 3. The van der Waals surface area contributed by atoms with E-state index in [-0.39, 0.29) is 20.8 Å². The lowest BCUT2D eigenvalue weighted by atomic mass is 10.2. The second-order valence-corrected chi connectivity index (χ2v) is 11.0. The lowest BCUT2D eigenvalue weighted by Crippen LogP contribution is -2.15. The van der Waals surface area contributed by atoms with E-state index in [4.69, 9.17) is 34.8 Å². The Morgan fingerprint density at radius 1 is 0.912 bits per heavy atom. The molecule has 3 aromatic carbocycles.